The lowest BCUT2D eigenvalue weighted by molar-refractivity contribution is -0.113. The SMILES string of the molecule is COc1ccc(NC(=O)C2=C(C)NC(=O)N[C@H]2c2cccc(F)c2)cc1. The van der Waals surface area contributed by atoms with Crippen molar-refractivity contribution in [2.24, 2.45) is 0 Å². The zero-order valence-corrected chi connectivity index (χ0v) is 14.3. The van der Waals surface area contributed by atoms with Crippen LogP contribution >= 0.6 is 0 Å². The third-order valence-corrected chi connectivity index (χ3v) is 4.04. The Kier molecular flexibility index (Phi) is 4.88. The second kappa shape index (κ2) is 7.26. The first-order valence-corrected chi connectivity index (χ1v) is 7.97. The molecule has 0 bridgehead atoms. The number of urea groups is 1. The van der Waals surface area contributed by atoms with E-state index in [0.29, 0.717) is 28.3 Å². The van der Waals surface area contributed by atoms with Gasteiger partial charge in [-0.2, -0.15) is 0 Å². The quantitative estimate of drug-likeness (QED) is 0.788. The molecule has 7 heteroatoms. The van der Waals surface area contributed by atoms with Gasteiger partial charge in [0.25, 0.3) is 5.91 Å². The van der Waals surface area contributed by atoms with Gasteiger partial charge in [0.15, 0.2) is 0 Å². The lowest BCUT2D eigenvalue weighted by Gasteiger charge is -2.28. The highest BCUT2D eigenvalue weighted by Gasteiger charge is 2.31. The Morgan fingerprint density at radius 3 is 2.58 bits per heavy atom. The number of nitrogens with one attached hydrogen (secondary N) is 3. The summed E-state index contributed by atoms with van der Waals surface area (Å²) in [6, 6.07) is 11.5. The van der Waals surface area contributed by atoms with Gasteiger partial charge >= 0.3 is 6.03 Å². The van der Waals surface area contributed by atoms with E-state index < -0.39 is 23.8 Å². The summed E-state index contributed by atoms with van der Waals surface area (Å²) in [5, 5.41) is 8.04. The van der Waals surface area contributed by atoms with E-state index in [-0.39, 0.29) is 0 Å². The molecule has 0 radical (unpaired) electrons. The van der Waals surface area contributed by atoms with Crippen molar-refractivity contribution in [2.75, 3.05) is 12.4 Å². The maximum atomic E-state index is 13.6. The Labute approximate surface area is 150 Å². The van der Waals surface area contributed by atoms with Crippen molar-refractivity contribution in [1.29, 1.82) is 0 Å². The molecule has 1 heterocycles. The number of carbonyl (C=O) groups is 2. The molecule has 0 fully saturated rings. The number of rotatable bonds is 4. The van der Waals surface area contributed by atoms with E-state index >= 15 is 0 Å². The predicted molar refractivity (Wildman–Crippen MR) is 95.1 cm³/mol. The first kappa shape index (κ1) is 17.5. The molecule has 0 spiro atoms. The minimum Gasteiger partial charge on any atom is -0.497 e. The van der Waals surface area contributed by atoms with Crippen LogP contribution in [0, 0.1) is 5.82 Å². The highest BCUT2D eigenvalue weighted by molar-refractivity contribution is 6.06. The molecule has 6 nitrogen and oxygen atoms in total. The third kappa shape index (κ3) is 3.66. The molecular formula is C19H18FN3O3. The minimum absolute atomic E-state index is 0.311. The fourth-order valence-electron chi connectivity index (χ4n) is 2.80. The average Bonchev–Trinajstić information content (AvgIpc) is 2.61. The van der Waals surface area contributed by atoms with Gasteiger partial charge in [0.1, 0.15) is 11.6 Å². The number of benzene rings is 2. The van der Waals surface area contributed by atoms with E-state index in [1.54, 1.807) is 44.4 Å². The summed E-state index contributed by atoms with van der Waals surface area (Å²) in [5.74, 6) is -0.167. The van der Waals surface area contributed by atoms with Crippen molar-refractivity contribution in [3.63, 3.8) is 0 Å². The van der Waals surface area contributed by atoms with Gasteiger partial charge in [-0.1, -0.05) is 12.1 Å². The van der Waals surface area contributed by atoms with Crippen LogP contribution < -0.4 is 20.7 Å². The normalized spacial score (nSPS) is 16.6. The van der Waals surface area contributed by atoms with Crippen LogP contribution in [0.2, 0.25) is 0 Å². The largest absolute Gasteiger partial charge is 0.497 e. The van der Waals surface area contributed by atoms with Gasteiger partial charge in [-0.25, -0.2) is 9.18 Å². The Balaban J connectivity index is 1.91. The molecule has 1 aliphatic rings. The number of allylic oxidation sites excluding steroid dienone is 1. The predicted octanol–water partition coefficient (Wildman–Crippen LogP) is 3.10. The molecule has 0 unspecified atom stereocenters. The molecule has 2 aromatic carbocycles. The standard InChI is InChI=1S/C19H18FN3O3/c1-11-16(18(24)22-14-6-8-15(26-2)9-7-14)17(23-19(25)21-11)12-4-3-5-13(20)10-12/h3-10,17H,1-2H3,(H,22,24)(H2,21,23,25)/t17-/m0/s1. The fraction of sp³-hybridized carbons (Fsp3) is 0.158. The van der Waals surface area contributed by atoms with E-state index in [1.165, 1.54) is 18.2 Å². The summed E-state index contributed by atoms with van der Waals surface area (Å²) in [5.41, 5.74) is 1.78. The van der Waals surface area contributed by atoms with Crippen LogP contribution in [0.25, 0.3) is 0 Å². The first-order chi connectivity index (χ1) is 12.5. The van der Waals surface area contributed by atoms with Crippen LogP contribution in [0.3, 0.4) is 0 Å². The first-order valence-electron chi connectivity index (χ1n) is 7.97. The Morgan fingerprint density at radius 2 is 1.92 bits per heavy atom. The summed E-state index contributed by atoms with van der Waals surface area (Å²) in [6.45, 7) is 1.63. The monoisotopic (exact) mass is 355 g/mol. The van der Waals surface area contributed by atoms with Gasteiger partial charge in [0.2, 0.25) is 0 Å². The zero-order chi connectivity index (χ0) is 18.7. The van der Waals surface area contributed by atoms with Gasteiger partial charge < -0.3 is 20.7 Å². The second-order valence-corrected chi connectivity index (χ2v) is 5.81. The van der Waals surface area contributed by atoms with Gasteiger partial charge in [0.05, 0.1) is 18.7 Å². The molecule has 3 N–H and O–H groups in total. The zero-order valence-electron chi connectivity index (χ0n) is 14.3. The summed E-state index contributed by atoms with van der Waals surface area (Å²) in [6.07, 6.45) is 0. The molecule has 0 aromatic heterocycles. The second-order valence-electron chi connectivity index (χ2n) is 5.81. The number of hydrogen-bond donors (Lipinski definition) is 3. The molecule has 26 heavy (non-hydrogen) atoms. The number of amides is 3. The molecule has 3 amide bonds. The van der Waals surface area contributed by atoms with E-state index in [1.807, 2.05) is 0 Å². The molecule has 1 atom stereocenters. The fourth-order valence-corrected chi connectivity index (χ4v) is 2.80. The van der Waals surface area contributed by atoms with E-state index in [9.17, 15) is 14.0 Å². The van der Waals surface area contributed by atoms with Crippen molar-refractivity contribution in [2.45, 2.75) is 13.0 Å². The minimum atomic E-state index is -0.752. The molecule has 3 rings (SSSR count). The molecule has 2 aromatic rings. The van der Waals surface area contributed by atoms with E-state index in [0.717, 1.165) is 0 Å². The van der Waals surface area contributed by atoms with Crippen LogP contribution in [-0.4, -0.2) is 19.0 Å². The maximum Gasteiger partial charge on any atom is 0.319 e. The molecule has 0 aliphatic carbocycles. The number of halogens is 1. The molecule has 134 valence electrons. The van der Waals surface area contributed by atoms with Gasteiger partial charge in [-0.15, -0.1) is 0 Å². The maximum absolute atomic E-state index is 13.6. The Hall–Kier alpha value is -3.35. The summed E-state index contributed by atoms with van der Waals surface area (Å²) < 4.78 is 18.7. The number of methoxy groups -OCH3 is 1. The van der Waals surface area contributed by atoms with E-state index in [2.05, 4.69) is 16.0 Å². The molecule has 0 saturated heterocycles. The molecule has 0 saturated carbocycles. The van der Waals surface area contributed by atoms with Crippen LogP contribution in [0.4, 0.5) is 14.9 Å². The number of ether oxygens (including phenoxy) is 1. The highest BCUT2D eigenvalue weighted by atomic mass is 19.1. The van der Waals surface area contributed by atoms with Gasteiger partial charge in [0, 0.05) is 11.4 Å². The molecule has 1 aliphatic heterocycles. The third-order valence-electron chi connectivity index (χ3n) is 4.04. The number of carbonyl (C=O) groups excluding carboxylic acids is 2. The lowest BCUT2D eigenvalue weighted by Crippen LogP contribution is -2.46. The number of hydrogen-bond acceptors (Lipinski definition) is 3. The summed E-state index contributed by atoms with van der Waals surface area (Å²) in [4.78, 5) is 24.7. The van der Waals surface area contributed by atoms with Crippen LogP contribution in [0.1, 0.15) is 18.5 Å². The van der Waals surface area contributed by atoms with Gasteiger partial charge in [-0.3, -0.25) is 4.79 Å². The van der Waals surface area contributed by atoms with Gasteiger partial charge in [-0.05, 0) is 48.9 Å². The highest BCUT2D eigenvalue weighted by Crippen LogP contribution is 2.28. The average molecular weight is 355 g/mol. The van der Waals surface area contributed by atoms with E-state index in [4.69, 9.17) is 4.74 Å². The Bertz CT molecular complexity index is 878. The number of anilines is 1. The van der Waals surface area contributed by atoms with Crippen LogP contribution in [0.5, 0.6) is 5.75 Å². The van der Waals surface area contributed by atoms with Crippen molar-refractivity contribution >= 4 is 17.6 Å². The van der Waals surface area contributed by atoms with Crippen molar-refractivity contribution in [3.05, 3.63) is 71.2 Å². The van der Waals surface area contributed by atoms with Crippen LogP contribution in [-0.2, 0) is 4.79 Å². The Morgan fingerprint density at radius 1 is 1.19 bits per heavy atom. The van der Waals surface area contributed by atoms with Crippen molar-refractivity contribution in [1.82, 2.24) is 10.6 Å². The van der Waals surface area contributed by atoms with Crippen molar-refractivity contribution < 1.29 is 18.7 Å². The summed E-state index contributed by atoms with van der Waals surface area (Å²) >= 11 is 0. The smallest absolute Gasteiger partial charge is 0.319 e. The topological polar surface area (TPSA) is 79.5 Å². The van der Waals surface area contributed by atoms with Crippen LogP contribution in [0.15, 0.2) is 59.8 Å². The van der Waals surface area contributed by atoms with Crippen molar-refractivity contribution in [3.8, 4) is 5.75 Å². The lowest BCUT2D eigenvalue weighted by atomic mass is 9.94. The molecular weight excluding hydrogens is 337 g/mol. The summed E-state index contributed by atoms with van der Waals surface area (Å²) in [7, 11) is 1.56.